The number of allylic oxidation sites excluding steroid dienone is 2. The molecular weight excluding hydrogens is 647 g/mol. The fourth-order valence-electron chi connectivity index (χ4n) is 6.10. The Labute approximate surface area is 310 Å². The van der Waals surface area contributed by atoms with Crippen LogP contribution in [0.5, 0.6) is 0 Å². The number of unbranched alkanes of at least 4 members (excludes halogenated alkanes) is 23. The summed E-state index contributed by atoms with van der Waals surface area (Å²) in [5.74, 6) is -0.151. The maximum absolute atomic E-state index is 12.8. The number of phosphoric acid groups is 1. The van der Waals surface area contributed by atoms with Gasteiger partial charge >= 0.3 is 7.82 Å². The number of amides is 1. The van der Waals surface area contributed by atoms with E-state index in [4.69, 9.17) is 9.05 Å². The van der Waals surface area contributed by atoms with E-state index < -0.39 is 20.0 Å². The van der Waals surface area contributed by atoms with E-state index in [1.165, 1.54) is 128 Å². The third-order valence-corrected chi connectivity index (χ3v) is 10.5. The molecule has 0 bridgehead atoms. The topological polar surface area (TPSA) is 105 Å². The van der Waals surface area contributed by atoms with E-state index >= 15 is 0 Å². The molecule has 0 aromatic rings. The molecule has 0 aromatic heterocycles. The van der Waals surface area contributed by atoms with Crippen LogP contribution in [0.3, 0.4) is 0 Å². The van der Waals surface area contributed by atoms with Crippen LogP contribution < -0.4 is 5.32 Å². The van der Waals surface area contributed by atoms with E-state index in [0.29, 0.717) is 23.9 Å². The number of hydrogen-bond acceptors (Lipinski definition) is 5. The summed E-state index contributed by atoms with van der Waals surface area (Å²) in [5.41, 5.74) is 0. The Morgan fingerprint density at radius 1 is 0.660 bits per heavy atom. The minimum Gasteiger partial charge on any atom is -0.391 e. The van der Waals surface area contributed by atoms with E-state index in [9.17, 15) is 19.4 Å². The lowest BCUT2D eigenvalue weighted by atomic mass is 10.0. The molecule has 0 aromatic carbocycles. The van der Waals surface area contributed by atoms with Crippen molar-refractivity contribution in [3.63, 3.8) is 0 Å². The van der Waals surface area contributed by atoms with E-state index in [1.807, 2.05) is 21.1 Å². The first-order chi connectivity index (χ1) is 24.0. The smallest absolute Gasteiger partial charge is 0.391 e. The molecule has 0 spiro atoms. The summed E-state index contributed by atoms with van der Waals surface area (Å²) in [6, 6.07) is -0.756. The number of carbonyl (C=O) groups excluding carboxylic acids is 1. The lowest BCUT2D eigenvalue weighted by Crippen LogP contribution is -2.46. The van der Waals surface area contributed by atoms with Crippen LogP contribution in [0.1, 0.15) is 194 Å². The van der Waals surface area contributed by atoms with Crippen molar-refractivity contribution >= 4 is 13.7 Å². The largest absolute Gasteiger partial charge is 0.472 e. The molecule has 0 radical (unpaired) electrons. The molecule has 0 rings (SSSR count). The van der Waals surface area contributed by atoms with Crippen LogP contribution in [0, 0.1) is 0 Å². The van der Waals surface area contributed by atoms with Gasteiger partial charge in [-0.3, -0.25) is 13.8 Å². The fourth-order valence-corrected chi connectivity index (χ4v) is 6.83. The second-order valence-electron chi connectivity index (χ2n) is 15.7. The van der Waals surface area contributed by atoms with Gasteiger partial charge in [-0.15, -0.1) is 0 Å². The highest BCUT2D eigenvalue weighted by Crippen LogP contribution is 2.43. The Kier molecular flexibility index (Phi) is 33.5. The van der Waals surface area contributed by atoms with Crippen molar-refractivity contribution < 1.29 is 32.9 Å². The Morgan fingerprint density at radius 3 is 1.54 bits per heavy atom. The van der Waals surface area contributed by atoms with Crippen molar-refractivity contribution in [1.82, 2.24) is 5.32 Å². The molecule has 0 heterocycles. The monoisotopic (exact) mass is 732 g/mol. The minimum atomic E-state index is -4.30. The highest BCUT2D eigenvalue weighted by Gasteiger charge is 2.28. The summed E-state index contributed by atoms with van der Waals surface area (Å²) in [5, 5.41) is 13.9. The molecule has 0 saturated heterocycles. The Morgan fingerprint density at radius 2 is 1.08 bits per heavy atom. The molecule has 1 amide bonds. The molecular formula is C41H84N2O6P+. The maximum atomic E-state index is 12.8. The van der Waals surface area contributed by atoms with Crippen molar-refractivity contribution in [2.75, 3.05) is 40.9 Å². The van der Waals surface area contributed by atoms with Gasteiger partial charge < -0.3 is 19.8 Å². The van der Waals surface area contributed by atoms with Crippen LogP contribution in [-0.4, -0.2) is 73.4 Å². The van der Waals surface area contributed by atoms with Gasteiger partial charge in [-0.2, -0.15) is 0 Å². The number of nitrogens with zero attached hydrogens (tertiary/aromatic N) is 1. The summed E-state index contributed by atoms with van der Waals surface area (Å²) in [4.78, 5) is 23.0. The van der Waals surface area contributed by atoms with Gasteiger partial charge in [0, 0.05) is 6.42 Å². The Balaban J connectivity index is 4.28. The van der Waals surface area contributed by atoms with Crippen molar-refractivity contribution in [3.8, 4) is 0 Å². The average molecular weight is 732 g/mol. The summed E-state index contributed by atoms with van der Waals surface area (Å²) < 4.78 is 23.5. The summed E-state index contributed by atoms with van der Waals surface area (Å²) in [6.07, 6.45) is 36.7. The number of aliphatic hydroxyl groups is 1. The van der Waals surface area contributed by atoms with Crippen LogP contribution in [0.4, 0.5) is 0 Å². The lowest BCUT2D eigenvalue weighted by Gasteiger charge is -2.26. The van der Waals surface area contributed by atoms with E-state index in [-0.39, 0.29) is 19.1 Å². The van der Waals surface area contributed by atoms with Crippen LogP contribution in [0.15, 0.2) is 12.2 Å². The Hall–Kier alpha value is -0.760. The van der Waals surface area contributed by atoms with Gasteiger partial charge in [0.2, 0.25) is 5.91 Å². The molecule has 3 atom stereocenters. The number of hydrogen-bond donors (Lipinski definition) is 3. The SMILES string of the molecule is CCCCCCCCCC/C=C\CCCCCCCCCC(=O)NC(COP(=O)(O)OCC[N+](C)(C)C)C(O)CCCCCCCCCCC. The minimum absolute atomic E-state index is 0.0751. The zero-order valence-electron chi connectivity index (χ0n) is 33.7. The predicted octanol–water partition coefficient (Wildman–Crippen LogP) is 11.2. The molecule has 50 heavy (non-hydrogen) atoms. The van der Waals surface area contributed by atoms with Gasteiger partial charge in [0.25, 0.3) is 0 Å². The first-order valence-electron chi connectivity index (χ1n) is 21.1. The van der Waals surface area contributed by atoms with Crippen molar-refractivity contribution in [2.45, 2.75) is 206 Å². The van der Waals surface area contributed by atoms with Crippen molar-refractivity contribution in [1.29, 1.82) is 0 Å². The number of carbonyl (C=O) groups is 1. The van der Waals surface area contributed by atoms with Crippen LogP contribution in [0.2, 0.25) is 0 Å². The highest BCUT2D eigenvalue weighted by molar-refractivity contribution is 7.47. The number of nitrogens with one attached hydrogen (secondary N) is 1. The summed E-state index contributed by atoms with van der Waals surface area (Å²) in [7, 11) is 1.61. The average Bonchev–Trinajstić information content (AvgIpc) is 3.06. The predicted molar refractivity (Wildman–Crippen MR) is 212 cm³/mol. The molecule has 0 saturated carbocycles. The van der Waals surface area contributed by atoms with Crippen molar-refractivity contribution in [3.05, 3.63) is 12.2 Å². The number of quaternary nitrogens is 1. The maximum Gasteiger partial charge on any atom is 0.472 e. The van der Waals surface area contributed by atoms with Gasteiger partial charge in [-0.05, 0) is 38.5 Å². The van der Waals surface area contributed by atoms with Crippen LogP contribution >= 0.6 is 7.82 Å². The number of phosphoric ester groups is 1. The van der Waals surface area contributed by atoms with E-state index in [2.05, 4.69) is 31.3 Å². The van der Waals surface area contributed by atoms with Crippen molar-refractivity contribution in [2.24, 2.45) is 0 Å². The molecule has 0 aliphatic carbocycles. The molecule has 9 heteroatoms. The second-order valence-corrected chi connectivity index (χ2v) is 17.2. The standard InChI is InChI=1S/C41H83N2O6P/c1-6-8-10-12-14-16-17-18-19-20-21-22-23-24-25-27-29-31-33-35-41(45)42-39(38-49-50(46,47)48-37-36-43(3,4)5)40(44)34-32-30-28-26-15-13-11-9-7-2/h20-21,39-40,44H,6-19,22-38H2,1-5H3,(H-,42,45,46,47)/p+1/b21-20-. The molecule has 3 unspecified atom stereocenters. The fraction of sp³-hybridized carbons (Fsp3) is 0.927. The summed E-state index contributed by atoms with van der Waals surface area (Å²) >= 11 is 0. The van der Waals surface area contributed by atoms with Gasteiger partial charge in [0.15, 0.2) is 0 Å². The van der Waals surface area contributed by atoms with Crippen LogP contribution in [-0.2, 0) is 18.4 Å². The lowest BCUT2D eigenvalue weighted by molar-refractivity contribution is -0.870. The van der Waals surface area contributed by atoms with Crippen LogP contribution in [0.25, 0.3) is 0 Å². The van der Waals surface area contributed by atoms with Gasteiger partial charge in [-0.25, -0.2) is 4.57 Å². The molecule has 8 nitrogen and oxygen atoms in total. The zero-order valence-corrected chi connectivity index (χ0v) is 34.5. The van der Waals surface area contributed by atoms with E-state index in [1.54, 1.807) is 0 Å². The number of likely N-dealkylation sites (N-methyl/N-ethyl adjacent to an activating group) is 1. The first-order valence-corrected chi connectivity index (χ1v) is 22.5. The second kappa shape index (κ2) is 34.0. The molecule has 0 aliphatic heterocycles. The highest BCUT2D eigenvalue weighted by atomic mass is 31.2. The normalized spacial score (nSPS) is 14.6. The quantitative estimate of drug-likeness (QED) is 0.0253. The Bertz CT molecular complexity index is 834. The number of aliphatic hydroxyl groups excluding tert-OH is 1. The van der Waals surface area contributed by atoms with Gasteiger partial charge in [0.1, 0.15) is 13.2 Å². The first kappa shape index (κ1) is 49.2. The molecule has 3 N–H and O–H groups in total. The molecule has 0 aliphatic rings. The third kappa shape index (κ3) is 35.6. The zero-order chi connectivity index (χ0) is 37.2. The third-order valence-electron chi connectivity index (χ3n) is 9.51. The molecule has 298 valence electrons. The number of rotatable bonds is 38. The molecule has 0 fully saturated rings. The van der Waals surface area contributed by atoms with E-state index in [0.717, 1.165) is 38.5 Å². The van der Waals surface area contributed by atoms with Gasteiger partial charge in [-0.1, -0.05) is 161 Å². The summed E-state index contributed by atoms with van der Waals surface area (Å²) in [6.45, 7) is 4.86. The van der Waals surface area contributed by atoms with Gasteiger partial charge in [0.05, 0.1) is 39.9 Å².